The number of carbonyl (C=O) groups is 1. The maximum Gasteiger partial charge on any atom is 0.412 e. The molecule has 0 bridgehead atoms. The summed E-state index contributed by atoms with van der Waals surface area (Å²) in [6, 6.07) is 5.92. The van der Waals surface area contributed by atoms with E-state index in [2.05, 4.69) is 20.8 Å². The standard InChI is InChI=1S/C16H21FN4O2/c1-10(13-7-8-18-21-13)19-14-9-11(5-6-12(14)17)20-15(22)23-16(2,3)4/h5-10,19H,1-4H3,(H,18,21)(H,20,22). The molecular formula is C16H21FN4O2. The number of ether oxygens (including phenoxy) is 1. The average Bonchev–Trinajstić information content (AvgIpc) is 2.94. The van der Waals surface area contributed by atoms with Crippen LogP contribution in [0.5, 0.6) is 0 Å². The lowest BCUT2D eigenvalue weighted by Crippen LogP contribution is -2.27. The molecule has 0 spiro atoms. The summed E-state index contributed by atoms with van der Waals surface area (Å²) in [4.78, 5) is 11.8. The van der Waals surface area contributed by atoms with E-state index in [0.717, 1.165) is 5.69 Å². The van der Waals surface area contributed by atoms with Crippen LogP contribution in [0.25, 0.3) is 0 Å². The maximum absolute atomic E-state index is 13.9. The molecule has 0 aliphatic carbocycles. The normalized spacial score (nSPS) is 12.6. The van der Waals surface area contributed by atoms with Crippen molar-refractivity contribution in [3.05, 3.63) is 42.0 Å². The third-order valence-electron chi connectivity index (χ3n) is 2.97. The summed E-state index contributed by atoms with van der Waals surface area (Å²) in [6.45, 7) is 7.20. The van der Waals surface area contributed by atoms with E-state index in [4.69, 9.17) is 4.74 Å². The summed E-state index contributed by atoms with van der Waals surface area (Å²) in [6.07, 6.45) is 1.04. The average molecular weight is 320 g/mol. The molecule has 0 fully saturated rings. The molecule has 6 nitrogen and oxygen atoms in total. The van der Waals surface area contributed by atoms with Crippen molar-refractivity contribution in [1.29, 1.82) is 0 Å². The Hall–Kier alpha value is -2.57. The molecule has 0 aliphatic rings. The minimum Gasteiger partial charge on any atom is -0.444 e. The van der Waals surface area contributed by atoms with Crippen LogP contribution in [0, 0.1) is 5.82 Å². The second kappa shape index (κ2) is 6.68. The van der Waals surface area contributed by atoms with Crippen LogP contribution in [0.1, 0.15) is 39.4 Å². The molecule has 7 heteroatoms. The summed E-state index contributed by atoms with van der Waals surface area (Å²) in [5.41, 5.74) is 0.955. The van der Waals surface area contributed by atoms with Gasteiger partial charge in [-0.15, -0.1) is 0 Å². The Kier molecular flexibility index (Phi) is 4.88. The van der Waals surface area contributed by atoms with E-state index < -0.39 is 17.5 Å². The molecule has 0 radical (unpaired) electrons. The van der Waals surface area contributed by atoms with Gasteiger partial charge in [0.15, 0.2) is 0 Å². The van der Waals surface area contributed by atoms with Crippen LogP contribution < -0.4 is 10.6 Å². The Labute approximate surface area is 134 Å². The quantitative estimate of drug-likeness (QED) is 0.793. The van der Waals surface area contributed by atoms with Gasteiger partial charge in [-0.25, -0.2) is 9.18 Å². The molecule has 1 unspecified atom stereocenters. The number of nitrogens with zero attached hydrogens (tertiary/aromatic N) is 1. The van der Waals surface area contributed by atoms with E-state index in [1.54, 1.807) is 33.0 Å². The number of rotatable bonds is 4. The Morgan fingerprint density at radius 3 is 2.70 bits per heavy atom. The summed E-state index contributed by atoms with van der Waals surface area (Å²) in [5, 5.41) is 12.3. The number of aromatic nitrogens is 2. The fraction of sp³-hybridized carbons (Fsp3) is 0.375. The molecule has 1 amide bonds. The fourth-order valence-corrected chi connectivity index (χ4v) is 1.95. The van der Waals surface area contributed by atoms with Gasteiger partial charge in [0.05, 0.1) is 17.4 Å². The lowest BCUT2D eigenvalue weighted by atomic mass is 10.2. The molecule has 23 heavy (non-hydrogen) atoms. The molecule has 0 saturated carbocycles. The molecule has 1 heterocycles. The third kappa shape index (κ3) is 4.98. The molecule has 0 saturated heterocycles. The zero-order valence-electron chi connectivity index (χ0n) is 13.6. The van der Waals surface area contributed by atoms with Crippen molar-refractivity contribution in [1.82, 2.24) is 10.2 Å². The minimum absolute atomic E-state index is 0.163. The van der Waals surface area contributed by atoms with Gasteiger partial charge in [0, 0.05) is 11.9 Å². The highest BCUT2D eigenvalue weighted by Gasteiger charge is 2.17. The number of anilines is 2. The highest BCUT2D eigenvalue weighted by atomic mass is 19.1. The van der Waals surface area contributed by atoms with E-state index >= 15 is 0 Å². The minimum atomic E-state index is -0.597. The number of benzene rings is 1. The monoisotopic (exact) mass is 320 g/mol. The summed E-state index contributed by atoms with van der Waals surface area (Å²) in [5.74, 6) is -0.411. The zero-order valence-corrected chi connectivity index (χ0v) is 13.6. The molecule has 3 N–H and O–H groups in total. The van der Waals surface area contributed by atoms with E-state index in [9.17, 15) is 9.18 Å². The predicted molar refractivity (Wildman–Crippen MR) is 86.9 cm³/mol. The van der Waals surface area contributed by atoms with Crippen molar-refractivity contribution in [2.45, 2.75) is 39.3 Å². The van der Waals surface area contributed by atoms with Crippen molar-refractivity contribution in [2.24, 2.45) is 0 Å². The van der Waals surface area contributed by atoms with Crippen LogP contribution in [-0.2, 0) is 4.74 Å². The fourth-order valence-electron chi connectivity index (χ4n) is 1.95. The Balaban J connectivity index is 2.08. The lowest BCUT2D eigenvalue weighted by molar-refractivity contribution is 0.0636. The summed E-state index contributed by atoms with van der Waals surface area (Å²) in [7, 11) is 0. The van der Waals surface area contributed by atoms with Gasteiger partial charge < -0.3 is 10.1 Å². The second-order valence-electron chi connectivity index (χ2n) is 6.20. The molecular weight excluding hydrogens is 299 g/mol. The Bertz CT molecular complexity index is 665. The van der Waals surface area contributed by atoms with Crippen molar-refractivity contribution in [2.75, 3.05) is 10.6 Å². The van der Waals surface area contributed by atoms with Gasteiger partial charge in [-0.1, -0.05) is 0 Å². The number of hydrogen-bond acceptors (Lipinski definition) is 4. The predicted octanol–water partition coefficient (Wildman–Crippen LogP) is 4.07. The molecule has 1 aromatic heterocycles. The molecule has 2 aromatic rings. The van der Waals surface area contributed by atoms with Crippen LogP contribution in [0.15, 0.2) is 30.5 Å². The van der Waals surface area contributed by atoms with Crippen LogP contribution in [0.2, 0.25) is 0 Å². The number of halogens is 1. The van der Waals surface area contributed by atoms with Gasteiger partial charge in [0.2, 0.25) is 0 Å². The van der Waals surface area contributed by atoms with Gasteiger partial charge in [-0.05, 0) is 52.0 Å². The zero-order chi connectivity index (χ0) is 17.0. The van der Waals surface area contributed by atoms with Crippen LogP contribution in [-0.4, -0.2) is 21.9 Å². The SMILES string of the molecule is CC(Nc1cc(NC(=O)OC(C)(C)C)ccc1F)c1ccn[nH]1. The number of H-pyrrole nitrogens is 1. The van der Waals surface area contributed by atoms with Gasteiger partial charge >= 0.3 is 6.09 Å². The maximum atomic E-state index is 13.9. The molecule has 2 rings (SSSR count). The van der Waals surface area contributed by atoms with Gasteiger partial charge in [-0.3, -0.25) is 10.4 Å². The molecule has 0 aliphatic heterocycles. The number of hydrogen-bond donors (Lipinski definition) is 3. The molecule has 1 atom stereocenters. The van der Waals surface area contributed by atoms with Crippen LogP contribution in [0.3, 0.4) is 0 Å². The summed E-state index contributed by atoms with van der Waals surface area (Å²) < 4.78 is 19.1. The number of aromatic amines is 1. The van der Waals surface area contributed by atoms with Gasteiger partial charge in [0.1, 0.15) is 11.4 Å². The highest BCUT2D eigenvalue weighted by Crippen LogP contribution is 2.24. The number of nitrogens with one attached hydrogen (secondary N) is 3. The third-order valence-corrected chi connectivity index (χ3v) is 2.97. The van der Waals surface area contributed by atoms with Gasteiger partial charge in [-0.2, -0.15) is 5.10 Å². The van der Waals surface area contributed by atoms with Crippen molar-refractivity contribution in [3.63, 3.8) is 0 Å². The Morgan fingerprint density at radius 1 is 1.35 bits per heavy atom. The number of amides is 1. The largest absolute Gasteiger partial charge is 0.444 e. The molecule has 1 aromatic carbocycles. The van der Waals surface area contributed by atoms with Crippen LogP contribution in [0.4, 0.5) is 20.6 Å². The highest BCUT2D eigenvalue weighted by molar-refractivity contribution is 5.85. The lowest BCUT2D eigenvalue weighted by Gasteiger charge is -2.20. The topological polar surface area (TPSA) is 79.0 Å². The molecule has 124 valence electrons. The first kappa shape index (κ1) is 16.8. The van der Waals surface area contributed by atoms with Crippen LogP contribution >= 0.6 is 0 Å². The summed E-state index contributed by atoms with van der Waals surface area (Å²) >= 11 is 0. The van der Waals surface area contributed by atoms with E-state index in [1.807, 2.05) is 6.92 Å². The van der Waals surface area contributed by atoms with Crippen molar-refractivity contribution in [3.8, 4) is 0 Å². The van der Waals surface area contributed by atoms with E-state index in [1.165, 1.54) is 18.2 Å². The van der Waals surface area contributed by atoms with E-state index in [0.29, 0.717) is 5.69 Å². The Morgan fingerprint density at radius 2 is 2.09 bits per heavy atom. The number of carbonyl (C=O) groups excluding carboxylic acids is 1. The van der Waals surface area contributed by atoms with Gasteiger partial charge in [0.25, 0.3) is 0 Å². The van der Waals surface area contributed by atoms with Crippen molar-refractivity contribution < 1.29 is 13.9 Å². The van der Waals surface area contributed by atoms with E-state index in [-0.39, 0.29) is 11.7 Å². The van der Waals surface area contributed by atoms with Crippen molar-refractivity contribution >= 4 is 17.5 Å². The first-order valence-corrected chi connectivity index (χ1v) is 7.30. The smallest absolute Gasteiger partial charge is 0.412 e. The first-order chi connectivity index (χ1) is 10.7. The second-order valence-corrected chi connectivity index (χ2v) is 6.20. The first-order valence-electron chi connectivity index (χ1n) is 7.30.